The molecule has 3 aromatic rings. The minimum atomic E-state index is -0.859. The molecule has 2 aliphatic heterocycles. The fraction of sp³-hybridized carbons (Fsp3) is 0.531. The summed E-state index contributed by atoms with van der Waals surface area (Å²) in [5.41, 5.74) is 3.85. The summed E-state index contributed by atoms with van der Waals surface area (Å²) in [5.74, 6) is 0.354. The van der Waals surface area contributed by atoms with Crippen LogP contribution in [0.4, 0.5) is 0 Å². The lowest BCUT2D eigenvalue weighted by molar-refractivity contribution is -0.126. The number of hydrogen-bond donors (Lipinski definition) is 3. The molecule has 2 aliphatic rings. The minimum Gasteiger partial charge on any atom is -0.468 e. The van der Waals surface area contributed by atoms with Crippen LogP contribution in [0.25, 0.3) is 10.6 Å². The number of methoxy groups -OCH3 is 1. The van der Waals surface area contributed by atoms with E-state index in [-0.39, 0.29) is 30.5 Å². The molecule has 42 heavy (non-hydrogen) atoms. The molecule has 0 saturated carbocycles. The van der Waals surface area contributed by atoms with E-state index >= 15 is 0 Å². The van der Waals surface area contributed by atoms with Crippen molar-refractivity contribution in [1.82, 2.24) is 20.6 Å². The van der Waals surface area contributed by atoms with E-state index in [1.54, 1.807) is 17.5 Å². The molecule has 0 bridgehead atoms. The maximum atomic E-state index is 12.6. The molecule has 1 saturated heterocycles. The van der Waals surface area contributed by atoms with Crippen molar-refractivity contribution in [2.24, 2.45) is 5.41 Å². The molecule has 9 nitrogen and oxygen atoms in total. The third-order valence-corrected chi connectivity index (χ3v) is 8.55. The van der Waals surface area contributed by atoms with Gasteiger partial charge in [-0.1, -0.05) is 39.0 Å². The minimum absolute atomic E-state index is 0.0755. The van der Waals surface area contributed by atoms with E-state index in [0.717, 1.165) is 40.1 Å². The molecule has 4 heterocycles. The van der Waals surface area contributed by atoms with Crippen LogP contribution in [0.2, 0.25) is 0 Å². The number of carbonyl (C=O) groups excluding carboxylic acids is 1. The molecular weight excluding hydrogens is 552 g/mol. The van der Waals surface area contributed by atoms with Crippen LogP contribution in [-0.4, -0.2) is 72.2 Å². The van der Waals surface area contributed by atoms with Gasteiger partial charge in [0, 0.05) is 61.4 Å². The molecule has 0 aliphatic carbocycles. The Hall–Kier alpha value is -2.89. The van der Waals surface area contributed by atoms with Gasteiger partial charge in [-0.05, 0) is 41.5 Å². The zero-order valence-corrected chi connectivity index (χ0v) is 25.7. The third-order valence-electron chi connectivity index (χ3n) is 7.72. The SMILES string of the molecule is COCC(=O)N[C@@H](Cc1cccc(-c2nccs2)c1)[C@H](O)CN[C@@H]1C[C@@]2(CCOC2)Oc2ncc(CC(C)(C)C)cc21. The Morgan fingerprint density at radius 1 is 1.26 bits per heavy atom. The summed E-state index contributed by atoms with van der Waals surface area (Å²) >= 11 is 1.58. The monoisotopic (exact) mass is 594 g/mol. The number of aliphatic hydroxyl groups excluding tert-OH is 1. The summed E-state index contributed by atoms with van der Waals surface area (Å²) in [6.45, 7) is 8.01. The van der Waals surface area contributed by atoms with Crippen LogP contribution >= 0.6 is 11.3 Å². The summed E-state index contributed by atoms with van der Waals surface area (Å²) in [5, 5.41) is 21.0. The first kappa shape index (κ1) is 30.6. The maximum absolute atomic E-state index is 12.6. The van der Waals surface area contributed by atoms with Gasteiger partial charge in [-0.15, -0.1) is 11.3 Å². The van der Waals surface area contributed by atoms with Gasteiger partial charge in [-0.3, -0.25) is 4.79 Å². The number of carbonyl (C=O) groups is 1. The van der Waals surface area contributed by atoms with Gasteiger partial charge in [0.05, 0.1) is 25.4 Å². The number of hydrogen-bond acceptors (Lipinski definition) is 9. The van der Waals surface area contributed by atoms with Crippen LogP contribution in [0, 0.1) is 5.41 Å². The number of benzene rings is 1. The molecular formula is C32H42N4O5S. The number of pyridine rings is 1. The standard InChI is InChI=1S/C32H42N4O5S/c1-31(2,3)15-22-13-24-26(16-32(8-10-40-20-32)41-29(24)35-17-22)34-18-27(37)25(36-28(38)19-39-4)14-21-6-5-7-23(12-21)30-33-9-11-42-30/h5-7,9,11-13,17,25-27,34,37H,8,10,14-16,18-20H2,1-4H3,(H,36,38)/t25-,26+,27+,32+/m0/s1. The molecule has 1 amide bonds. The van der Waals surface area contributed by atoms with Gasteiger partial charge in [-0.2, -0.15) is 0 Å². The van der Waals surface area contributed by atoms with Crippen LogP contribution < -0.4 is 15.4 Å². The van der Waals surface area contributed by atoms with Crippen molar-refractivity contribution < 1.29 is 24.1 Å². The molecule has 0 radical (unpaired) electrons. The van der Waals surface area contributed by atoms with Crippen LogP contribution in [0.15, 0.2) is 48.1 Å². The van der Waals surface area contributed by atoms with E-state index < -0.39 is 17.7 Å². The van der Waals surface area contributed by atoms with Crippen LogP contribution in [-0.2, 0) is 27.1 Å². The fourth-order valence-corrected chi connectivity index (χ4v) is 6.45. The lowest BCUT2D eigenvalue weighted by Crippen LogP contribution is -2.51. The van der Waals surface area contributed by atoms with Gasteiger partial charge in [0.2, 0.25) is 11.8 Å². The van der Waals surface area contributed by atoms with Crippen molar-refractivity contribution in [3.05, 3.63) is 64.8 Å². The van der Waals surface area contributed by atoms with E-state index in [1.165, 1.54) is 7.11 Å². The number of aromatic nitrogens is 2. The predicted octanol–water partition coefficient (Wildman–Crippen LogP) is 4.10. The van der Waals surface area contributed by atoms with Gasteiger partial charge >= 0.3 is 0 Å². The van der Waals surface area contributed by atoms with E-state index in [1.807, 2.05) is 29.8 Å². The molecule has 0 unspecified atom stereocenters. The highest BCUT2D eigenvalue weighted by molar-refractivity contribution is 7.13. The highest BCUT2D eigenvalue weighted by Crippen LogP contribution is 2.43. The molecule has 3 N–H and O–H groups in total. The third kappa shape index (κ3) is 7.73. The molecule has 1 fully saturated rings. The number of ether oxygens (including phenoxy) is 3. The average molecular weight is 595 g/mol. The van der Waals surface area contributed by atoms with Gasteiger partial charge in [-0.25, -0.2) is 9.97 Å². The van der Waals surface area contributed by atoms with Gasteiger partial charge < -0.3 is 30.0 Å². The lowest BCUT2D eigenvalue weighted by atomic mass is 9.85. The van der Waals surface area contributed by atoms with Gasteiger partial charge in [0.15, 0.2) is 0 Å². The molecule has 226 valence electrons. The first-order valence-electron chi connectivity index (χ1n) is 14.6. The fourth-order valence-electron chi connectivity index (χ4n) is 5.82. The number of aliphatic hydroxyl groups is 1. The number of thiazole rings is 1. The second-order valence-corrected chi connectivity index (χ2v) is 13.5. The summed E-state index contributed by atoms with van der Waals surface area (Å²) in [6, 6.07) is 9.65. The van der Waals surface area contributed by atoms with Crippen LogP contribution in [0.5, 0.6) is 5.88 Å². The first-order chi connectivity index (χ1) is 20.1. The van der Waals surface area contributed by atoms with Gasteiger partial charge in [0.25, 0.3) is 0 Å². The highest BCUT2D eigenvalue weighted by atomic mass is 32.1. The Morgan fingerprint density at radius 2 is 2.12 bits per heavy atom. The summed E-state index contributed by atoms with van der Waals surface area (Å²) in [6.07, 6.45) is 5.69. The Balaban J connectivity index is 1.34. The van der Waals surface area contributed by atoms with E-state index in [2.05, 4.69) is 48.5 Å². The smallest absolute Gasteiger partial charge is 0.246 e. The molecule has 2 aromatic heterocycles. The summed E-state index contributed by atoms with van der Waals surface area (Å²) < 4.78 is 17.2. The summed E-state index contributed by atoms with van der Waals surface area (Å²) in [4.78, 5) is 21.7. The Labute approximate surface area is 252 Å². The Kier molecular flexibility index (Phi) is 9.59. The van der Waals surface area contributed by atoms with Crippen molar-refractivity contribution in [3.8, 4) is 16.5 Å². The largest absolute Gasteiger partial charge is 0.468 e. The second-order valence-electron chi connectivity index (χ2n) is 12.6. The van der Waals surface area contributed by atoms with Crippen molar-refractivity contribution in [2.45, 2.75) is 70.2 Å². The van der Waals surface area contributed by atoms with Crippen LogP contribution in [0.1, 0.15) is 56.3 Å². The van der Waals surface area contributed by atoms with E-state index in [4.69, 9.17) is 19.2 Å². The second kappa shape index (κ2) is 13.2. The quantitative estimate of drug-likeness (QED) is 0.304. The van der Waals surface area contributed by atoms with E-state index in [9.17, 15) is 9.90 Å². The average Bonchev–Trinajstić information content (AvgIpc) is 3.64. The van der Waals surface area contributed by atoms with Crippen molar-refractivity contribution in [1.29, 1.82) is 0 Å². The Bertz CT molecular complexity index is 1340. The zero-order valence-electron chi connectivity index (χ0n) is 24.9. The predicted molar refractivity (Wildman–Crippen MR) is 163 cm³/mol. The normalized spacial score (nSPS) is 21.5. The lowest BCUT2D eigenvalue weighted by Gasteiger charge is -2.39. The molecule has 1 aromatic carbocycles. The summed E-state index contributed by atoms with van der Waals surface area (Å²) in [7, 11) is 1.48. The zero-order chi connectivity index (χ0) is 29.7. The number of fused-ring (bicyclic) bond motifs is 1. The molecule has 4 atom stereocenters. The molecule has 1 spiro atoms. The number of rotatable bonds is 11. The number of nitrogens with one attached hydrogen (secondary N) is 2. The maximum Gasteiger partial charge on any atom is 0.246 e. The molecule has 5 rings (SSSR count). The van der Waals surface area contributed by atoms with Gasteiger partial charge in [0.1, 0.15) is 17.2 Å². The number of amides is 1. The number of nitrogens with zero attached hydrogens (tertiary/aromatic N) is 2. The van der Waals surface area contributed by atoms with Crippen LogP contribution in [0.3, 0.4) is 0 Å². The van der Waals surface area contributed by atoms with Crippen molar-refractivity contribution >= 4 is 17.2 Å². The molecule has 10 heteroatoms. The first-order valence-corrected chi connectivity index (χ1v) is 15.5. The van der Waals surface area contributed by atoms with E-state index in [0.29, 0.717) is 31.9 Å². The van der Waals surface area contributed by atoms with Crippen molar-refractivity contribution in [2.75, 3.05) is 33.5 Å². The Morgan fingerprint density at radius 3 is 2.83 bits per heavy atom. The highest BCUT2D eigenvalue weighted by Gasteiger charge is 2.45. The topological polar surface area (TPSA) is 115 Å². The van der Waals surface area contributed by atoms with Crippen molar-refractivity contribution in [3.63, 3.8) is 0 Å².